The number of hydrogen-bond donors (Lipinski definition) is 2. The van der Waals surface area contributed by atoms with Crippen molar-refractivity contribution in [3.05, 3.63) is 53.9 Å². The predicted molar refractivity (Wildman–Crippen MR) is 90.3 cm³/mol. The van der Waals surface area contributed by atoms with E-state index in [-0.39, 0.29) is 37.1 Å². The van der Waals surface area contributed by atoms with Gasteiger partial charge >= 0.3 is 5.97 Å². The van der Waals surface area contributed by atoms with Crippen molar-refractivity contribution in [1.82, 2.24) is 15.3 Å². The third kappa shape index (κ3) is 5.70. The summed E-state index contributed by atoms with van der Waals surface area (Å²) in [4.78, 5) is 31.2. The number of benzene rings is 1. The lowest BCUT2D eigenvalue weighted by molar-refractivity contribution is -0.147. The minimum absolute atomic E-state index is 0.101. The lowest BCUT2D eigenvalue weighted by atomic mass is 9.97. The van der Waals surface area contributed by atoms with Crippen LogP contribution in [0.15, 0.2) is 36.8 Å². The molecule has 2 atom stereocenters. The van der Waals surface area contributed by atoms with E-state index >= 15 is 0 Å². The van der Waals surface area contributed by atoms with Gasteiger partial charge in [-0.1, -0.05) is 19.1 Å². The van der Waals surface area contributed by atoms with Crippen molar-refractivity contribution in [3.63, 3.8) is 0 Å². The molecule has 7 heteroatoms. The van der Waals surface area contributed by atoms with Gasteiger partial charge in [-0.2, -0.15) is 0 Å². The first-order chi connectivity index (χ1) is 12.0. The average Bonchev–Trinajstić information content (AvgIpc) is 3.08. The first-order valence-corrected chi connectivity index (χ1v) is 8.18. The Morgan fingerprint density at radius 1 is 1.32 bits per heavy atom. The molecule has 1 aromatic carbocycles. The second-order valence-electron chi connectivity index (χ2n) is 5.81. The van der Waals surface area contributed by atoms with Crippen molar-refractivity contribution in [2.45, 2.75) is 38.6 Å². The molecule has 0 fully saturated rings. The maximum Gasteiger partial charge on any atom is 0.329 e. The molecule has 1 aromatic heterocycles. The first-order valence-electron chi connectivity index (χ1n) is 8.18. The van der Waals surface area contributed by atoms with Gasteiger partial charge < -0.3 is 15.0 Å². The number of aromatic nitrogens is 2. The Morgan fingerprint density at radius 2 is 2.04 bits per heavy atom. The summed E-state index contributed by atoms with van der Waals surface area (Å²) < 4.78 is 18.0. The highest BCUT2D eigenvalue weighted by Gasteiger charge is 2.24. The van der Waals surface area contributed by atoms with Crippen LogP contribution in [0.4, 0.5) is 4.39 Å². The molecule has 0 saturated heterocycles. The van der Waals surface area contributed by atoms with E-state index in [1.807, 2.05) is 6.92 Å². The van der Waals surface area contributed by atoms with Crippen LogP contribution in [0.5, 0.6) is 0 Å². The molecule has 0 unspecified atom stereocenters. The second-order valence-corrected chi connectivity index (χ2v) is 5.81. The summed E-state index contributed by atoms with van der Waals surface area (Å²) in [6, 6.07) is 5.25. The van der Waals surface area contributed by atoms with Crippen LogP contribution in [-0.2, 0) is 20.7 Å². The molecule has 0 spiro atoms. The van der Waals surface area contributed by atoms with Crippen molar-refractivity contribution in [2.24, 2.45) is 0 Å². The maximum atomic E-state index is 13.0. The molecule has 0 aliphatic rings. The fraction of sp³-hybridized carbons (Fsp3) is 0.389. The molecule has 0 aliphatic carbocycles. The van der Waals surface area contributed by atoms with Gasteiger partial charge in [0, 0.05) is 24.7 Å². The highest BCUT2D eigenvalue weighted by molar-refractivity contribution is 5.85. The van der Waals surface area contributed by atoms with Crippen LogP contribution in [0.1, 0.15) is 37.4 Å². The summed E-state index contributed by atoms with van der Waals surface area (Å²) in [7, 11) is 0. The largest absolute Gasteiger partial charge is 0.464 e. The summed E-state index contributed by atoms with van der Waals surface area (Å²) in [5.41, 5.74) is 1.59. The quantitative estimate of drug-likeness (QED) is 0.718. The molecule has 0 aliphatic heterocycles. The van der Waals surface area contributed by atoms with E-state index in [1.165, 1.54) is 18.5 Å². The van der Waals surface area contributed by atoms with E-state index in [2.05, 4.69) is 15.3 Å². The SMILES string of the molecule is CCOC(=O)[C@H](Cc1cnc[nH]1)NC(=O)C[C@H](C)c1ccc(F)cc1. The lowest BCUT2D eigenvalue weighted by Gasteiger charge is -2.18. The number of rotatable bonds is 8. The molecule has 2 aromatic rings. The minimum atomic E-state index is -0.784. The molecular weight excluding hydrogens is 325 g/mol. The number of imidazole rings is 1. The Balaban J connectivity index is 1.97. The maximum absolute atomic E-state index is 13.0. The number of carbonyl (C=O) groups excluding carboxylic acids is 2. The average molecular weight is 347 g/mol. The van der Waals surface area contributed by atoms with Gasteiger partial charge in [-0.05, 0) is 30.5 Å². The molecule has 25 heavy (non-hydrogen) atoms. The Kier molecular flexibility index (Phi) is 6.68. The zero-order valence-corrected chi connectivity index (χ0v) is 14.3. The monoisotopic (exact) mass is 347 g/mol. The van der Waals surface area contributed by atoms with Crippen LogP contribution in [0, 0.1) is 5.82 Å². The van der Waals surface area contributed by atoms with Crippen molar-refractivity contribution >= 4 is 11.9 Å². The molecule has 0 saturated carbocycles. The number of ether oxygens (including phenoxy) is 1. The summed E-state index contributed by atoms with van der Waals surface area (Å²) in [6.07, 6.45) is 3.56. The van der Waals surface area contributed by atoms with E-state index in [1.54, 1.807) is 25.3 Å². The Bertz CT molecular complexity index is 686. The number of esters is 1. The second kappa shape index (κ2) is 8.96. The van der Waals surface area contributed by atoms with Crippen LogP contribution in [0.25, 0.3) is 0 Å². The Morgan fingerprint density at radius 3 is 2.64 bits per heavy atom. The lowest BCUT2D eigenvalue weighted by Crippen LogP contribution is -2.43. The number of nitrogens with one attached hydrogen (secondary N) is 2. The Hall–Kier alpha value is -2.70. The van der Waals surface area contributed by atoms with Gasteiger partial charge in [0.05, 0.1) is 12.9 Å². The normalized spacial score (nSPS) is 13.1. The fourth-order valence-electron chi connectivity index (χ4n) is 2.49. The third-order valence-electron chi connectivity index (χ3n) is 3.82. The molecule has 2 N–H and O–H groups in total. The van der Waals surface area contributed by atoms with E-state index in [0.717, 1.165) is 11.3 Å². The zero-order chi connectivity index (χ0) is 18.2. The summed E-state index contributed by atoms with van der Waals surface area (Å²) in [5.74, 6) is -1.17. The molecular formula is C18H22FN3O3. The molecule has 1 amide bonds. The number of aromatic amines is 1. The predicted octanol–water partition coefficient (Wildman–Crippen LogP) is 2.33. The van der Waals surface area contributed by atoms with Gasteiger partial charge in [-0.3, -0.25) is 4.79 Å². The van der Waals surface area contributed by atoms with Crippen LogP contribution < -0.4 is 5.32 Å². The van der Waals surface area contributed by atoms with Crippen molar-refractivity contribution in [2.75, 3.05) is 6.61 Å². The molecule has 1 heterocycles. The molecule has 134 valence electrons. The highest BCUT2D eigenvalue weighted by Crippen LogP contribution is 2.19. The van der Waals surface area contributed by atoms with Crippen LogP contribution >= 0.6 is 0 Å². The van der Waals surface area contributed by atoms with Crippen LogP contribution in [-0.4, -0.2) is 34.5 Å². The van der Waals surface area contributed by atoms with E-state index in [9.17, 15) is 14.0 Å². The number of halogens is 1. The van der Waals surface area contributed by atoms with Gasteiger partial charge in [0.15, 0.2) is 0 Å². The number of nitrogens with zero attached hydrogens (tertiary/aromatic N) is 1. The summed E-state index contributed by atoms with van der Waals surface area (Å²) >= 11 is 0. The number of amides is 1. The third-order valence-corrected chi connectivity index (χ3v) is 3.82. The molecule has 6 nitrogen and oxygen atoms in total. The van der Waals surface area contributed by atoms with Crippen LogP contribution in [0.2, 0.25) is 0 Å². The van der Waals surface area contributed by atoms with E-state index in [4.69, 9.17) is 4.74 Å². The highest BCUT2D eigenvalue weighted by atomic mass is 19.1. The van der Waals surface area contributed by atoms with Gasteiger partial charge in [0.1, 0.15) is 11.9 Å². The topological polar surface area (TPSA) is 84.1 Å². The standard InChI is InChI=1S/C18H22FN3O3/c1-3-25-18(24)16(9-15-10-20-11-21-15)22-17(23)8-12(2)13-4-6-14(19)7-5-13/h4-7,10-12,16H,3,8-9H2,1-2H3,(H,20,21)(H,22,23)/t12-,16-/m0/s1. The zero-order valence-electron chi connectivity index (χ0n) is 14.3. The fourth-order valence-corrected chi connectivity index (χ4v) is 2.49. The van der Waals surface area contributed by atoms with Crippen molar-refractivity contribution < 1.29 is 18.7 Å². The summed E-state index contributed by atoms with van der Waals surface area (Å²) in [6.45, 7) is 3.82. The molecule has 0 bridgehead atoms. The van der Waals surface area contributed by atoms with Crippen LogP contribution in [0.3, 0.4) is 0 Å². The summed E-state index contributed by atoms with van der Waals surface area (Å²) in [5, 5.41) is 2.72. The Labute approximate surface area is 145 Å². The minimum Gasteiger partial charge on any atom is -0.464 e. The van der Waals surface area contributed by atoms with Gasteiger partial charge in [-0.25, -0.2) is 14.2 Å². The van der Waals surface area contributed by atoms with Crippen molar-refractivity contribution in [1.29, 1.82) is 0 Å². The number of hydrogen-bond acceptors (Lipinski definition) is 4. The number of carbonyl (C=O) groups is 2. The van der Waals surface area contributed by atoms with E-state index in [0.29, 0.717) is 0 Å². The van der Waals surface area contributed by atoms with E-state index < -0.39 is 12.0 Å². The number of H-pyrrole nitrogens is 1. The molecule has 2 rings (SSSR count). The van der Waals surface area contributed by atoms with Gasteiger partial charge in [-0.15, -0.1) is 0 Å². The molecule has 0 radical (unpaired) electrons. The van der Waals surface area contributed by atoms with Gasteiger partial charge in [0.25, 0.3) is 0 Å². The smallest absolute Gasteiger partial charge is 0.329 e. The van der Waals surface area contributed by atoms with Crippen molar-refractivity contribution in [3.8, 4) is 0 Å². The van der Waals surface area contributed by atoms with Gasteiger partial charge in [0.2, 0.25) is 5.91 Å². The first kappa shape index (κ1) is 18.6.